The predicted molar refractivity (Wildman–Crippen MR) is 140 cm³/mol. The summed E-state index contributed by atoms with van der Waals surface area (Å²) < 4.78 is 0. The van der Waals surface area contributed by atoms with Gasteiger partial charge in [-0.05, 0) is 66.4 Å². The zero-order valence-electron chi connectivity index (χ0n) is 20.0. The number of phenols is 1. The minimum absolute atomic E-state index is 0.0421. The molecule has 4 rings (SSSR count). The Labute approximate surface area is 209 Å². The summed E-state index contributed by atoms with van der Waals surface area (Å²) in [5, 5.41) is 34.2. The van der Waals surface area contributed by atoms with Gasteiger partial charge in [-0.25, -0.2) is 5.43 Å². The van der Waals surface area contributed by atoms with Gasteiger partial charge in [-0.3, -0.25) is 4.79 Å². The average Bonchev–Trinajstić information content (AvgIpc) is 2.91. The number of carbonyl (C=O) groups excluding carboxylic acids is 1. The number of hydrazone groups is 1. The van der Waals surface area contributed by atoms with Crippen molar-refractivity contribution in [2.24, 2.45) is 15.3 Å². The van der Waals surface area contributed by atoms with Gasteiger partial charge >= 0.3 is 0 Å². The van der Waals surface area contributed by atoms with Crippen LogP contribution >= 0.6 is 0 Å². The van der Waals surface area contributed by atoms with Crippen LogP contribution in [0.3, 0.4) is 0 Å². The van der Waals surface area contributed by atoms with Crippen molar-refractivity contribution in [2.75, 3.05) is 0 Å². The summed E-state index contributed by atoms with van der Waals surface area (Å²) >= 11 is 0. The number of aliphatic hydroxyl groups is 1. The van der Waals surface area contributed by atoms with Gasteiger partial charge in [-0.1, -0.05) is 66.7 Å². The summed E-state index contributed by atoms with van der Waals surface area (Å²) in [5.74, 6) is -0.777. The normalized spacial score (nSPS) is 11.8. The summed E-state index contributed by atoms with van der Waals surface area (Å²) in [7, 11) is 0. The number of amides is 1. The number of carbonyl (C=O) groups is 1. The Morgan fingerprint density at radius 1 is 0.778 bits per heavy atom. The molecule has 36 heavy (non-hydrogen) atoms. The fraction of sp³-hybridized carbons (Fsp3) is 0.103. The molecule has 0 unspecified atom stereocenters. The quantitative estimate of drug-likeness (QED) is 0.177. The number of rotatable bonds is 7. The van der Waals surface area contributed by atoms with Crippen LogP contribution in [0.2, 0.25) is 0 Å². The molecule has 0 spiro atoms. The minimum atomic E-state index is -1.95. The van der Waals surface area contributed by atoms with Gasteiger partial charge in [0.2, 0.25) is 0 Å². The Hall–Kier alpha value is -4.62. The molecule has 0 saturated heterocycles. The lowest BCUT2D eigenvalue weighted by Gasteiger charge is -2.27. The number of aryl methyl sites for hydroxylation is 2. The molecule has 0 saturated carbocycles. The summed E-state index contributed by atoms with van der Waals surface area (Å²) in [6.07, 6.45) is 1.29. The average molecular weight is 479 g/mol. The highest BCUT2D eigenvalue weighted by molar-refractivity contribution is 5.91. The SMILES string of the molecule is Cc1ccc(N=Nc2ccc(O)c(/C=N/NC(=O)C(O)(c3ccccc3)c3ccccc3)c2)cc1C. The van der Waals surface area contributed by atoms with Crippen molar-refractivity contribution < 1.29 is 15.0 Å². The van der Waals surface area contributed by atoms with Crippen molar-refractivity contribution in [2.45, 2.75) is 19.4 Å². The first kappa shape index (κ1) is 24.5. The smallest absolute Gasteiger partial charge is 0.281 e. The van der Waals surface area contributed by atoms with Gasteiger partial charge in [0, 0.05) is 5.56 Å². The molecule has 0 bridgehead atoms. The predicted octanol–water partition coefficient (Wildman–Crippen LogP) is 5.81. The Morgan fingerprint density at radius 3 is 1.92 bits per heavy atom. The van der Waals surface area contributed by atoms with Gasteiger partial charge in [-0.2, -0.15) is 15.3 Å². The highest BCUT2D eigenvalue weighted by Gasteiger charge is 2.39. The van der Waals surface area contributed by atoms with E-state index in [0.717, 1.165) is 11.3 Å². The second-order valence-corrected chi connectivity index (χ2v) is 8.35. The van der Waals surface area contributed by atoms with Crippen molar-refractivity contribution in [1.82, 2.24) is 5.43 Å². The van der Waals surface area contributed by atoms with E-state index < -0.39 is 11.5 Å². The lowest BCUT2D eigenvalue weighted by atomic mass is 9.85. The summed E-state index contributed by atoms with van der Waals surface area (Å²) in [6.45, 7) is 4.04. The van der Waals surface area contributed by atoms with Crippen molar-refractivity contribution in [3.8, 4) is 5.75 Å². The molecule has 0 fully saturated rings. The first-order valence-corrected chi connectivity index (χ1v) is 11.4. The van der Waals surface area contributed by atoms with Gasteiger partial charge in [0.25, 0.3) is 5.91 Å². The van der Waals surface area contributed by atoms with Gasteiger partial charge in [0.1, 0.15) is 5.75 Å². The fourth-order valence-electron chi connectivity index (χ4n) is 3.64. The molecule has 0 aliphatic carbocycles. The highest BCUT2D eigenvalue weighted by atomic mass is 16.3. The van der Waals surface area contributed by atoms with Crippen LogP contribution in [0.1, 0.15) is 27.8 Å². The first-order chi connectivity index (χ1) is 17.4. The Bertz CT molecular complexity index is 1380. The molecule has 3 N–H and O–H groups in total. The lowest BCUT2D eigenvalue weighted by molar-refractivity contribution is -0.136. The van der Waals surface area contributed by atoms with E-state index in [0.29, 0.717) is 22.4 Å². The lowest BCUT2D eigenvalue weighted by Crippen LogP contribution is -2.43. The van der Waals surface area contributed by atoms with Gasteiger partial charge in [-0.15, -0.1) is 0 Å². The molecular weight excluding hydrogens is 452 g/mol. The van der Waals surface area contributed by atoms with Crippen LogP contribution in [0, 0.1) is 13.8 Å². The zero-order valence-corrected chi connectivity index (χ0v) is 20.0. The van der Waals surface area contributed by atoms with Crippen LogP contribution in [-0.2, 0) is 10.4 Å². The van der Waals surface area contributed by atoms with E-state index in [1.54, 1.807) is 72.8 Å². The maximum atomic E-state index is 13.1. The van der Waals surface area contributed by atoms with Crippen molar-refractivity contribution in [3.05, 3.63) is 125 Å². The molecule has 0 atom stereocenters. The van der Waals surface area contributed by atoms with E-state index in [1.807, 2.05) is 32.0 Å². The second kappa shape index (κ2) is 10.8. The summed E-state index contributed by atoms with van der Waals surface area (Å²) in [6, 6.07) is 27.8. The van der Waals surface area contributed by atoms with E-state index in [9.17, 15) is 15.0 Å². The van der Waals surface area contributed by atoms with Crippen LogP contribution in [0.5, 0.6) is 5.75 Å². The number of phenolic OH excluding ortho intramolecular Hbond substituents is 1. The summed E-state index contributed by atoms with van der Waals surface area (Å²) in [4.78, 5) is 13.1. The van der Waals surface area contributed by atoms with Crippen LogP contribution in [0.15, 0.2) is 112 Å². The number of nitrogens with one attached hydrogen (secondary N) is 1. The number of benzene rings is 4. The van der Waals surface area contributed by atoms with Gasteiger partial charge < -0.3 is 10.2 Å². The topological polar surface area (TPSA) is 107 Å². The van der Waals surface area contributed by atoms with E-state index in [1.165, 1.54) is 17.8 Å². The van der Waals surface area contributed by atoms with E-state index in [-0.39, 0.29) is 5.75 Å². The molecule has 0 aliphatic rings. The standard InChI is InChI=1S/C29H26N4O3/c1-20-13-14-25(17-21(20)2)31-32-26-15-16-27(34)22(18-26)19-30-33-28(35)29(36,23-9-5-3-6-10-23)24-11-7-4-8-12-24/h3-19,34,36H,1-2H3,(H,33,35)/b30-19+,32-31?. The van der Waals surface area contributed by atoms with Crippen LogP contribution in [0.25, 0.3) is 0 Å². The molecule has 0 radical (unpaired) electrons. The molecule has 7 nitrogen and oxygen atoms in total. The molecule has 0 heterocycles. The Morgan fingerprint density at radius 2 is 1.33 bits per heavy atom. The van der Waals surface area contributed by atoms with Gasteiger partial charge in [0.05, 0.1) is 17.6 Å². The van der Waals surface area contributed by atoms with Crippen LogP contribution in [0.4, 0.5) is 11.4 Å². The first-order valence-electron chi connectivity index (χ1n) is 11.4. The molecule has 4 aromatic rings. The Balaban J connectivity index is 1.54. The molecule has 7 heteroatoms. The number of hydrogen-bond acceptors (Lipinski definition) is 6. The number of aromatic hydroxyl groups is 1. The van der Waals surface area contributed by atoms with E-state index in [2.05, 4.69) is 20.8 Å². The molecule has 0 aromatic heterocycles. The molecular formula is C29H26N4O3. The monoisotopic (exact) mass is 478 g/mol. The highest BCUT2D eigenvalue weighted by Crippen LogP contribution is 2.30. The zero-order chi connectivity index (χ0) is 25.5. The molecule has 1 amide bonds. The maximum Gasteiger partial charge on any atom is 0.281 e. The van der Waals surface area contributed by atoms with Crippen molar-refractivity contribution in [3.63, 3.8) is 0 Å². The third kappa shape index (κ3) is 5.37. The number of hydrogen-bond donors (Lipinski definition) is 3. The maximum absolute atomic E-state index is 13.1. The number of azo groups is 1. The molecule has 4 aromatic carbocycles. The van der Waals surface area contributed by atoms with Crippen molar-refractivity contribution in [1.29, 1.82) is 0 Å². The van der Waals surface area contributed by atoms with Crippen LogP contribution < -0.4 is 5.43 Å². The Kier molecular flexibility index (Phi) is 7.32. The summed E-state index contributed by atoms with van der Waals surface area (Å²) in [5.41, 5.74) is 5.09. The molecule has 180 valence electrons. The van der Waals surface area contributed by atoms with Gasteiger partial charge in [0.15, 0.2) is 5.60 Å². The number of nitrogens with zero attached hydrogens (tertiary/aromatic N) is 3. The fourth-order valence-corrected chi connectivity index (χ4v) is 3.64. The second-order valence-electron chi connectivity index (χ2n) is 8.35. The van der Waals surface area contributed by atoms with E-state index >= 15 is 0 Å². The third-order valence-corrected chi connectivity index (χ3v) is 5.86. The largest absolute Gasteiger partial charge is 0.507 e. The van der Waals surface area contributed by atoms with Crippen LogP contribution in [-0.4, -0.2) is 22.3 Å². The van der Waals surface area contributed by atoms with E-state index in [4.69, 9.17) is 0 Å². The van der Waals surface area contributed by atoms with Crippen molar-refractivity contribution >= 4 is 23.5 Å². The third-order valence-electron chi connectivity index (χ3n) is 5.86. The minimum Gasteiger partial charge on any atom is -0.507 e. The molecule has 0 aliphatic heterocycles.